The molecule has 0 bridgehead atoms. The summed E-state index contributed by atoms with van der Waals surface area (Å²) in [6.07, 6.45) is 3.96. The molecule has 0 amide bonds. The van der Waals surface area contributed by atoms with Gasteiger partial charge in [-0.1, -0.05) is 303 Å². The quantitative estimate of drug-likeness (QED) is 0.167. The summed E-state index contributed by atoms with van der Waals surface area (Å²) in [6.45, 7) is 0. The van der Waals surface area contributed by atoms with Crippen molar-refractivity contribution in [3.8, 4) is 45.4 Å². The Balaban J connectivity index is 0.0000000997. The Bertz CT molecular complexity index is 9840. The number of pyridine rings is 3. The SMILES string of the molecule is c1ccc2c(c1)sc1c2c2ccccc2c2c3ccccc3n(-c3ccc(-n4c5ccccc5c5c6ccccc6c6c7ccccc7sc6c54)cc3)c12.c1ccc2cc(-c3ccc(-n4c5ccccc5c5c6ccccc6c6c7ccccc7sc6c54)cc3)ncc2c1.c1ccc2nc(-c3ccc(-n4c5ccccc5c5c6ccccc6c6c7ccccc7sc6c54)cn3)ccc2c1. The van der Waals surface area contributed by atoms with Gasteiger partial charge in [-0.3, -0.25) is 9.97 Å². The average Bonchev–Trinajstić information content (AvgIpc) is 1.55. The highest BCUT2D eigenvalue weighted by molar-refractivity contribution is 7.28. The summed E-state index contributed by atoms with van der Waals surface area (Å²) in [7, 11) is 0. The molecule has 0 unspecified atom stereocenters. The maximum Gasteiger partial charge on any atom is 0.0893 e. The molecule has 31 rings (SSSR count). The van der Waals surface area contributed by atoms with Crippen molar-refractivity contribution in [3.05, 3.63) is 431 Å². The number of hydrogen-bond acceptors (Lipinski definition) is 7. The minimum Gasteiger partial charge on any atom is -0.308 e. The smallest absolute Gasteiger partial charge is 0.0893 e. The number of thiophene rings is 4. The summed E-state index contributed by atoms with van der Waals surface area (Å²) < 4.78 is 20.5. The predicted octanol–water partition coefficient (Wildman–Crippen LogP) is 35.4. The molecule has 622 valence electrons. The molecule has 11 heterocycles. The summed E-state index contributed by atoms with van der Waals surface area (Å²) in [5.74, 6) is 0. The molecule has 0 aliphatic heterocycles. The van der Waals surface area contributed by atoms with E-state index in [0.29, 0.717) is 0 Å². The fraction of sp³-hybridized carbons (Fsp3) is 0. The third-order valence-corrected chi connectivity index (χ3v) is 32.6. The van der Waals surface area contributed by atoms with Gasteiger partial charge < -0.3 is 18.3 Å². The van der Waals surface area contributed by atoms with Crippen LogP contribution in [0.1, 0.15) is 0 Å². The summed E-state index contributed by atoms with van der Waals surface area (Å²) in [4.78, 5) is 14.6. The lowest BCUT2D eigenvalue weighted by molar-refractivity contribution is 1.14. The number of nitrogens with zero attached hydrogens (tertiary/aromatic N) is 7. The second-order valence-corrected chi connectivity index (χ2v) is 39.2. The Kier molecular flexibility index (Phi) is 16.6. The van der Waals surface area contributed by atoms with Gasteiger partial charge in [0.05, 0.1) is 97.4 Å². The summed E-state index contributed by atoms with van der Waals surface area (Å²) in [6, 6.07) is 152. The van der Waals surface area contributed by atoms with Crippen LogP contribution in [0.25, 0.3) is 278 Å². The summed E-state index contributed by atoms with van der Waals surface area (Å²) in [5, 5.41) is 35.0. The second kappa shape index (κ2) is 29.5. The van der Waals surface area contributed by atoms with Crippen molar-refractivity contribution in [2.45, 2.75) is 0 Å². The van der Waals surface area contributed by atoms with Gasteiger partial charge in [0.2, 0.25) is 0 Å². The number of rotatable bonds is 6. The first-order valence-corrected chi connectivity index (χ1v) is 48.7. The van der Waals surface area contributed by atoms with Crippen molar-refractivity contribution in [2.75, 3.05) is 0 Å². The van der Waals surface area contributed by atoms with E-state index >= 15 is 0 Å². The Morgan fingerprint density at radius 2 is 0.448 bits per heavy atom. The van der Waals surface area contributed by atoms with E-state index in [1.54, 1.807) is 0 Å². The molecule has 0 spiro atoms. The van der Waals surface area contributed by atoms with Crippen LogP contribution < -0.4 is 0 Å². The zero-order valence-electron chi connectivity index (χ0n) is 71.8. The van der Waals surface area contributed by atoms with Gasteiger partial charge in [-0.05, 0) is 164 Å². The standard InChI is InChI=1S/C50H28N2S2.C37H22N2S.C36H21N3S/c1-3-15-33-31(13-1)43-35-17-5-9-21-39(35)51(47(43)49-45(33)37-19-7-11-23-41(37)53-49)29-25-27-30(28-26-29)52-40-22-10-6-18-36(40)44-32-14-2-4-16-34(32)46-38-20-8-12-24-42(38)54-50(46)48(44)52;1-2-10-25-22-38-31(21-24(25)9-1)23-17-19-26(20-18-23)39-32-15-7-5-13-29(32)34-27-11-3-4-12-28(27)35-30-14-6-8-16-33(30)40-37(35)36(34)39;1-6-14-28-22(9-1)17-19-30(38-28)29-20-18-23(21-37-29)39-31-15-7-4-12-26(31)33-24-10-2-3-11-25(24)34-27-13-5-8-16-32(27)40-36(34)35(33)39/h1-28H;1-22H;1-21H. The zero-order valence-corrected chi connectivity index (χ0v) is 75.0. The molecule has 20 aromatic carbocycles. The second-order valence-electron chi connectivity index (χ2n) is 35.0. The fourth-order valence-corrected chi connectivity index (χ4v) is 27.3. The normalized spacial score (nSPS) is 12.2. The van der Waals surface area contributed by atoms with Crippen molar-refractivity contribution in [1.82, 2.24) is 33.2 Å². The van der Waals surface area contributed by atoms with Gasteiger partial charge in [0, 0.05) is 145 Å². The van der Waals surface area contributed by atoms with E-state index in [9.17, 15) is 0 Å². The molecule has 11 heteroatoms. The van der Waals surface area contributed by atoms with Crippen LogP contribution in [0.4, 0.5) is 0 Å². The number of para-hydroxylation sites is 5. The van der Waals surface area contributed by atoms with Crippen LogP contribution in [0.5, 0.6) is 0 Å². The Morgan fingerprint density at radius 3 is 0.806 bits per heavy atom. The van der Waals surface area contributed by atoms with E-state index in [2.05, 4.69) is 419 Å². The maximum atomic E-state index is 4.93. The van der Waals surface area contributed by atoms with Gasteiger partial charge in [-0.25, -0.2) is 4.98 Å². The molecule has 0 saturated carbocycles. The molecule has 31 aromatic rings. The Hall–Kier alpha value is -16.5. The lowest BCUT2D eigenvalue weighted by atomic mass is 9.99. The molecule has 0 saturated heterocycles. The van der Waals surface area contributed by atoms with E-state index in [0.717, 1.165) is 61.7 Å². The van der Waals surface area contributed by atoms with E-state index in [1.807, 2.05) is 75.9 Å². The molecule has 0 radical (unpaired) electrons. The van der Waals surface area contributed by atoms with E-state index in [4.69, 9.17) is 15.0 Å². The molecule has 134 heavy (non-hydrogen) atoms. The highest BCUT2D eigenvalue weighted by Crippen LogP contribution is 2.54. The molecule has 0 N–H and O–H groups in total. The van der Waals surface area contributed by atoms with Crippen LogP contribution in [0, 0.1) is 0 Å². The highest BCUT2D eigenvalue weighted by atomic mass is 32.1. The van der Waals surface area contributed by atoms with E-state index in [1.165, 1.54) is 216 Å². The van der Waals surface area contributed by atoms with Crippen LogP contribution in [0.3, 0.4) is 0 Å². The van der Waals surface area contributed by atoms with Crippen molar-refractivity contribution in [2.24, 2.45) is 0 Å². The molecule has 7 nitrogen and oxygen atoms in total. The van der Waals surface area contributed by atoms with Gasteiger partial charge in [-0.2, -0.15) is 0 Å². The highest BCUT2D eigenvalue weighted by Gasteiger charge is 2.29. The van der Waals surface area contributed by atoms with Gasteiger partial charge in [0.25, 0.3) is 0 Å². The predicted molar refractivity (Wildman–Crippen MR) is 578 cm³/mol. The van der Waals surface area contributed by atoms with E-state index < -0.39 is 0 Å². The number of aromatic nitrogens is 7. The van der Waals surface area contributed by atoms with Crippen molar-refractivity contribution < 1.29 is 0 Å². The lowest BCUT2D eigenvalue weighted by Crippen LogP contribution is -1.97. The molecule has 0 atom stereocenters. The van der Waals surface area contributed by atoms with Gasteiger partial charge >= 0.3 is 0 Å². The van der Waals surface area contributed by atoms with Crippen molar-refractivity contribution in [3.63, 3.8) is 0 Å². The minimum atomic E-state index is 0.868. The van der Waals surface area contributed by atoms with Crippen LogP contribution in [0.15, 0.2) is 431 Å². The van der Waals surface area contributed by atoms with Gasteiger partial charge in [0.15, 0.2) is 0 Å². The first-order valence-electron chi connectivity index (χ1n) is 45.4. The topological polar surface area (TPSA) is 58.4 Å². The molecular weight excluding hydrogens is 1700 g/mol. The van der Waals surface area contributed by atoms with Crippen LogP contribution >= 0.6 is 45.3 Å². The van der Waals surface area contributed by atoms with E-state index in [-0.39, 0.29) is 0 Å². The Morgan fingerprint density at radius 1 is 0.179 bits per heavy atom. The monoisotopic (exact) mass is 1770 g/mol. The molecular formula is C123H71N7S4. The Labute approximate surface area is 781 Å². The van der Waals surface area contributed by atoms with Gasteiger partial charge in [-0.15, -0.1) is 45.3 Å². The summed E-state index contributed by atoms with van der Waals surface area (Å²) in [5.41, 5.74) is 19.3. The van der Waals surface area contributed by atoms with Crippen molar-refractivity contribution in [1.29, 1.82) is 0 Å². The minimum absolute atomic E-state index is 0.868. The van der Waals surface area contributed by atoms with Crippen LogP contribution in [-0.4, -0.2) is 33.2 Å². The first kappa shape index (κ1) is 75.3. The average molecular weight is 1780 g/mol. The number of fused-ring (bicyclic) bond motifs is 42. The summed E-state index contributed by atoms with van der Waals surface area (Å²) >= 11 is 7.61. The third-order valence-electron chi connectivity index (χ3n) is 27.9. The van der Waals surface area contributed by atoms with Gasteiger partial charge in [0.1, 0.15) is 0 Å². The fourth-order valence-electron chi connectivity index (χ4n) is 22.2. The third kappa shape index (κ3) is 11.1. The molecule has 0 aliphatic rings. The van der Waals surface area contributed by atoms with Crippen LogP contribution in [0.2, 0.25) is 0 Å². The molecule has 11 aromatic heterocycles. The maximum absolute atomic E-state index is 4.93. The first-order chi connectivity index (χ1) is 66.5. The zero-order chi connectivity index (χ0) is 87.5. The van der Waals surface area contributed by atoms with Crippen molar-refractivity contribution >= 4 is 278 Å². The largest absolute Gasteiger partial charge is 0.308 e. The molecule has 0 aliphatic carbocycles. The molecule has 0 fully saturated rings. The van der Waals surface area contributed by atoms with Crippen LogP contribution in [-0.2, 0) is 0 Å². The number of hydrogen-bond donors (Lipinski definition) is 0. The number of benzene rings is 20. The lowest BCUT2D eigenvalue weighted by Gasteiger charge is -2.13.